The summed E-state index contributed by atoms with van der Waals surface area (Å²) in [6.45, 7) is 8.55. The van der Waals surface area contributed by atoms with E-state index in [2.05, 4.69) is 50.1 Å². The van der Waals surface area contributed by atoms with Gasteiger partial charge < -0.3 is 5.73 Å². The van der Waals surface area contributed by atoms with Crippen LogP contribution < -0.4 is 5.73 Å². The molecule has 2 aromatic rings. The van der Waals surface area contributed by atoms with Crippen molar-refractivity contribution in [3.8, 4) is 5.69 Å². The van der Waals surface area contributed by atoms with E-state index in [1.807, 2.05) is 16.8 Å². The molecular weight excluding hydrogens is 224 g/mol. The standard InChI is InChI=1S/C14H20N4/c1-9(2)11-6-5-7-12(8-11)18-13(10(3)4)14(15)16-17-18/h5-10H,15H2,1-4H3. The number of hydrogen-bond acceptors (Lipinski definition) is 3. The summed E-state index contributed by atoms with van der Waals surface area (Å²) in [5.41, 5.74) is 9.16. The van der Waals surface area contributed by atoms with Gasteiger partial charge >= 0.3 is 0 Å². The van der Waals surface area contributed by atoms with E-state index in [0.717, 1.165) is 11.4 Å². The molecule has 96 valence electrons. The molecule has 0 bridgehead atoms. The van der Waals surface area contributed by atoms with Crippen molar-refractivity contribution < 1.29 is 0 Å². The number of anilines is 1. The van der Waals surface area contributed by atoms with Crippen LogP contribution in [0.2, 0.25) is 0 Å². The lowest BCUT2D eigenvalue weighted by molar-refractivity contribution is 0.714. The third kappa shape index (κ3) is 2.23. The van der Waals surface area contributed by atoms with Crippen LogP contribution in [0.25, 0.3) is 5.69 Å². The average Bonchev–Trinajstić information content (AvgIpc) is 2.71. The Morgan fingerprint density at radius 3 is 2.44 bits per heavy atom. The summed E-state index contributed by atoms with van der Waals surface area (Å²) in [5.74, 6) is 1.30. The first-order valence-corrected chi connectivity index (χ1v) is 6.32. The molecule has 4 nitrogen and oxygen atoms in total. The van der Waals surface area contributed by atoms with Gasteiger partial charge in [0.05, 0.1) is 11.4 Å². The quantitative estimate of drug-likeness (QED) is 0.902. The number of hydrogen-bond donors (Lipinski definition) is 1. The normalized spacial score (nSPS) is 11.4. The molecule has 0 radical (unpaired) electrons. The Morgan fingerprint density at radius 1 is 1.11 bits per heavy atom. The van der Waals surface area contributed by atoms with Crippen LogP contribution in [0.4, 0.5) is 5.82 Å². The maximum absolute atomic E-state index is 5.88. The number of nitrogen functional groups attached to an aromatic ring is 1. The van der Waals surface area contributed by atoms with Crippen LogP contribution in [0, 0.1) is 0 Å². The van der Waals surface area contributed by atoms with Gasteiger partial charge in [0.25, 0.3) is 0 Å². The maximum Gasteiger partial charge on any atom is 0.169 e. The van der Waals surface area contributed by atoms with E-state index in [-0.39, 0.29) is 0 Å². The van der Waals surface area contributed by atoms with Crippen molar-refractivity contribution in [3.05, 3.63) is 35.5 Å². The SMILES string of the molecule is CC(C)c1cccc(-n2nnc(N)c2C(C)C)c1. The second-order valence-corrected chi connectivity index (χ2v) is 5.18. The summed E-state index contributed by atoms with van der Waals surface area (Å²) >= 11 is 0. The first kappa shape index (κ1) is 12.6. The Morgan fingerprint density at radius 2 is 1.83 bits per heavy atom. The molecule has 0 aliphatic heterocycles. The molecule has 0 fully saturated rings. The summed E-state index contributed by atoms with van der Waals surface area (Å²) in [6, 6.07) is 8.35. The van der Waals surface area contributed by atoms with Gasteiger partial charge in [-0.25, -0.2) is 4.68 Å². The minimum absolute atomic E-state index is 0.294. The highest BCUT2D eigenvalue weighted by molar-refractivity contribution is 5.44. The van der Waals surface area contributed by atoms with E-state index in [0.29, 0.717) is 17.7 Å². The average molecular weight is 244 g/mol. The fraction of sp³-hybridized carbons (Fsp3) is 0.429. The van der Waals surface area contributed by atoms with Gasteiger partial charge in [0.1, 0.15) is 0 Å². The van der Waals surface area contributed by atoms with E-state index in [1.54, 1.807) is 0 Å². The lowest BCUT2D eigenvalue weighted by atomic mass is 10.0. The van der Waals surface area contributed by atoms with Crippen LogP contribution >= 0.6 is 0 Å². The lowest BCUT2D eigenvalue weighted by Gasteiger charge is -2.12. The first-order chi connectivity index (χ1) is 8.50. The molecule has 0 atom stereocenters. The second kappa shape index (κ2) is 4.80. The van der Waals surface area contributed by atoms with Gasteiger partial charge in [-0.05, 0) is 29.5 Å². The van der Waals surface area contributed by atoms with E-state index in [9.17, 15) is 0 Å². The van der Waals surface area contributed by atoms with Gasteiger partial charge in [0, 0.05) is 0 Å². The molecule has 1 aromatic heterocycles. The Balaban J connectivity index is 2.52. The topological polar surface area (TPSA) is 56.7 Å². The Bertz CT molecular complexity index is 540. The van der Waals surface area contributed by atoms with E-state index in [4.69, 9.17) is 5.73 Å². The third-order valence-electron chi connectivity index (χ3n) is 3.06. The van der Waals surface area contributed by atoms with Gasteiger partial charge in [-0.1, -0.05) is 45.0 Å². The van der Waals surface area contributed by atoms with Crippen molar-refractivity contribution >= 4 is 5.82 Å². The van der Waals surface area contributed by atoms with Crippen LogP contribution in [0.3, 0.4) is 0 Å². The second-order valence-electron chi connectivity index (χ2n) is 5.18. The van der Waals surface area contributed by atoms with Gasteiger partial charge in [0.15, 0.2) is 5.82 Å². The molecule has 18 heavy (non-hydrogen) atoms. The molecular formula is C14H20N4. The van der Waals surface area contributed by atoms with Crippen molar-refractivity contribution in [2.45, 2.75) is 39.5 Å². The highest BCUT2D eigenvalue weighted by Gasteiger charge is 2.15. The Hall–Kier alpha value is -1.84. The zero-order chi connectivity index (χ0) is 13.3. The molecule has 0 saturated carbocycles. The minimum atomic E-state index is 0.294. The maximum atomic E-state index is 5.88. The predicted octanol–water partition coefficient (Wildman–Crippen LogP) is 3.10. The van der Waals surface area contributed by atoms with Crippen LogP contribution in [-0.4, -0.2) is 15.0 Å². The highest BCUT2D eigenvalue weighted by atomic mass is 15.4. The lowest BCUT2D eigenvalue weighted by Crippen LogP contribution is -2.06. The van der Waals surface area contributed by atoms with Crippen LogP contribution in [0.5, 0.6) is 0 Å². The van der Waals surface area contributed by atoms with Crippen LogP contribution in [0.1, 0.15) is 50.8 Å². The molecule has 0 saturated heterocycles. The summed E-state index contributed by atoms with van der Waals surface area (Å²) < 4.78 is 1.84. The van der Waals surface area contributed by atoms with Gasteiger partial charge in [-0.3, -0.25) is 0 Å². The van der Waals surface area contributed by atoms with Crippen molar-refractivity contribution in [2.24, 2.45) is 0 Å². The molecule has 1 heterocycles. The number of rotatable bonds is 3. The van der Waals surface area contributed by atoms with E-state index >= 15 is 0 Å². The molecule has 0 spiro atoms. The first-order valence-electron chi connectivity index (χ1n) is 6.32. The number of nitrogens with two attached hydrogens (primary N) is 1. The fourth-order valence-corrected chi connectivity index (χ4v) is 2.05. The summed E-state index contributed by atoms with van der Waals surface area (Å²) in [6.07, 6.45) is 0. The molecule has 0 aliphatic rings. The van der Waals surface area contributed by atoms with Crippen molar-refractivity contribution in [1.82, 2.24) is 15.0 Å². The van der Waals surface area contributed by atoms with Crippen molar-refractivity contribution in [2.75, 3.05) is 5.73 Å². The number of aromatic nitrogens is 3. The summed E-state index contributed by atoms with van der Waals surface area (Å²) in [5, 5.41) is 8.13. The number of benzene rings is 1. The third-order valence-corrected chi connectivity index (χ3v) is 3.06. The minimum Gasteiger partial charge on any atom is -0.381 e. The smallest absolute Gasteiger partial charge is 0.169 e. The van der Waals surface area contributed by atoms with Crippen LogP contribution in [-0.2, 0) is 0 Å². The molecule has 4 heteroatoms. The largest absolute Gasteiger partial charge is 0.381 e. The van der Waals surface area contributed by atoms with Gasteiger partial charge in [-0.15, -0.1) is 5.10 Å². The molecule has 0 unspecified atom stereocenters. The zero-order valence-corrected chi connectivity index (χ0v) is 11.4. The Kier molecular flexibility index (Phi) is 3.36. The zero-order valence-electron chi connectivity index (χ0n) is 11.4. The Labute approximate surface area is 108 Å². The van der Waals surface area contributed by atoms with Crippen molar-refractivity contribution in [3.63, 3.8) is 0 Å². The number of nitrogens with zero attached hydrogens (tertiary/aromatic N) is 3. The summed E-state index contributed by atoms with van der Waals surface area (Å²) in [4.78, 5) is 0. The molecule has 0 amide bonds. The molecule has 1 aromatic carbocycles. The van der Waals surface area contributed by atoms with Crippen LogP contribution in [0.15, 0.2) is 24.3 Å². The summed E-state index contributed by atoms with van der Waals surface area (Å²) in [7, 11) is 0. The molecule has 2 rings (SSSR count). The highest BCUT2D eigenvalue weighted by Crippen LogP contribution is 2.24. The van der Waals surface area contributed by atoms with Crippen molar-refractivity contribution in [1.29, 1.82) is 0 Å². The van der Waals surface area contributed by atoms with E-state index < -0.39 is 0 Å². The van der Waals surface area contributed by atoms with E-state index in [1.165, 1.54) is 5.56 Å². The monoisotopic (exact) mass is 244 g/mol. The fourth-order valence-electron chi connectivity index (χ4n) is 2.05. The van der Waals surface area contributed by atoms with Gasteiger partial charge in [0.2, 0.25) is 0 Å². The molecule has 2 N–H and O–H groups in total. The van der Waals surface area contributed by atoms with Gasteiger partial charge in [-0.2, -0.15) is 0 Å². The predicted molar refractivity (Wildman–Crippen MR) is 73.9 cm³/mol. The molecule has 0 aliphatic carbocycles.